The summed E-state index contributed by atoms with van der Waals surface area (Å²) in [7, 11) is 0. The minimum atomic E-state index is -2.98. The van der Waals surface area contributed by atoms with E-state index in [4.69, 9.17) is 0 Å². The summed E-state index contributed by atoms with van der Waals surface area (Å²) in [5, 5.41) is 11.1. The molecule has 2 aromatic heterocycles. The molecule has 0 spiro atoms. The molecule has 0 saturated carbocycles. The number of aryl methyl sites for hydroxylation is 1. The van der Waals surface area contributed by atoms with Crippen LogP contribution in [0, 0.1) is 13.8 Å². The van der Waals surface area contributed by atoms with Crippen molar-refractivity contribution in [3.8, 4) is 5.75 Å². The third kappa shape index (κ3) is 4.33. The summed E-state index contributed by atoms with van der Waals surface area (Å²) in [6.45, 7) is 1.15. The maximum Gasteiger partial charge on any atom is 0.387 e. The van der Waals surface area contributed by atoms with Gasteiger partial charge >= 0.3 is 6.61 Å². The van der Waals surface area contributed by atoms with Gasteiger partial charge in [-0.15, -0.1) is 0 Å². The highest BCUT2D eigenvalue weighted by molar-refractivity contribution is 9.10. The van der Waals surface area contributed by atoms with Crippen molar-refractivity contribution in [3.05, 3.63) is 58.1 Å². The second kappa shape index (κ2) is 7.87. The van der Waals surface area contributed by atoms with Gasteiger partial charge in [0.1, 0.15) is 12.4 Å². The van der Waals surface area contributed by atoms with E-state index in [0.717, 1.165) is 15.9 Å². The monoisotopic (exact) mass is 439 g/mol. The molecule has 3 aromatic rings. The van der Waals surface area contributed by atoms with Crippen LogP contribution < -0.4 is 10.1 Å². The van der Waals surface area contributed by atoms with Crippen LogP contribution in [0.15, 0.2) is 41.0 Å². The van der Waals surface area contributed by atoms with Crippen molar-refractivity contribution in [2.45, 2.75) is 27.1 Å². The minimum absolute atomic E-state index is 0.118. The summed E-state index contributed by atoms with van der Waals surface area (Å²) < 4.78 is 33.6. The number of aromatic nitrogens is 4. The first-order valence-corrected chi connectivity index (χ1v) is 8.72. The Balaban J connectivity index is 1.73. The van der Waals surface area contributed by atoms with Crippen LogP contribution in [0.3, 0.4) is 0 Å². The van der Waals surface area contributed by atoms with Crippen LogP contribution in [0.4, 0.5) is 14.5 Å². The summed E-state index contributed by atoms with van der Waals surface area (Å²) in [6.07, 6.45) is 1.64. The number of amides is 1. The topological polar surface area (TPSA) is 74.0 Å². The first kappa shape index (κ1) is 19.0. The van der Waals surface area contributed by atoms with Gasteiger partial charge in [-0.05, 0) is 48.0 Å². The maximum atomic E-state index is 12.5. The molecule has 0 fully saturated rings. The Morgan fingerprint density at radius 2 is 2.00 bits per heavy atom. The Labute approximate surface area is 162 Å². The summed E-state index contributed by atoms with van der Waals surface area (Å²) in [4.78, 5) is 12.4. The Morgan fingerprint density at radius 3 is 2.67 bits per heavy atom. The van der Waals surface area contributed by atoms with Crippen molar-refractivity contribution in [2.24, 2.45) is 0 Å². The van der Waals surface area contributed by atoms with Crippen LogP contribution in [0.5, 0.6) is 5.75 Å². The number of hydrogen-bond acceptors (Lipinski definition) is 4. The Morgan fingerprint density at radius 1 is 1.26 bits per heavy atom. The quantitative estimate of drug-likeness (QED) is 0.633. The Hall–Kier alpha value is -2.75. The zero-order chi connectivity index (χ0) is 19.6. The summed E-state index contributed by atoms with van der Waals surface area (Å²) >= 11 is 3.46. The molecule has 0 aliphatic carbocycles. The number of benzene rings is 1. The van der Waals surface area contributed by atoms with Gasteiger partial charge in [-0.25, -0.2) is 4.68 Å². The highest BCUT2D eigenvalue weighted by atomic mass is 79.9. The SMILES string of the molecule is Cc1nn(Cn2ccc(C(=O)Nc3ccccc3OC(F)F)n2)c(C)c1Br. The van der Waals surface area contributed by atoms with Crippen LogP contribution >= 0.6 is 15.9 Å². The normalized spacial score (nSPS) is 11.0. The van der Waals surface area contributed by atoms with Gasteiger partial charge in [0.05, 0.1) is 21.5 Å². The van der Waals surface area contributed by atoms with E-state index in [2.05, 4.69) is 36.2 Å². The number of carbonyl (C=O) groups is 1. The first-order valence-electron chi connectivity index (χ1n) is 7.93. The number of nitrogens with one attached hydrogen (secondary N) is 1. The van der Waals surface area contributed by atoms with E-state index in [-0.39, 0.29) is 17.1 Å². The van der Waals surface area contributed by atoms with E-state index in [1.807, 2.05) is 13.8 Å². The first-order chi connectivity index (χ1) is 12.8. The number of anilines is 1. The van der Waals surface area contributed by atoms with Crippen molar-refractivity contribution >= 4 is 27.5 Å². The molecule has 0 radical (unpaired) electrons. The molecule has 2 heterocycles. The van der Waals surface area contributed by atoms with Gasteiger partial charge in [0, 0.05) is 6.20 Å². The third-order valence-corrected chi connectivity index (χ3v) is 4.94. The molecule has 0 saturated heterocycles. The number of ether oxygens (including phenoxy) is 1. The van der Waals surface area contributed by atoms with E-state index < -0.39 is 12.5 Å². The molecule has 0 aliphatic heterocycles. The van der Waals surface area contributed by atoms with Gasteiger partial charge < -0.3 is 10.1 Å². The molecule has 0 aliphatic rings. The molecule has 1 N–H and O–H groups in total. The van der Waals surface area contributed by atoms with E-state index >= 15 is 0 Å². The lowest BCUT2D eigenvalue weighted by atomic mass is 10.3. The van der Waals surface area contributed by atoms with Crippen LogP contribution in [-0.2, 0) is 6.67 Å². The minimum Gasteiger partial charge on any atom is -0.433 e. The molecule has 142 valence electrons. The molecule has 1 aromatic carbocycles. The van der Waals surface area contributed by atoms with Crippen molar-refractivity contribution in [3.63, 3.8) is 0 Å². The van der Waals surface area contributed by atoms with E-state index in [9.17, 15) is 13.6 Å². The van der Waals surface area contributed by atoms with Gasteiger partial charge in [0.15, 0.2) is 5.69 Å². The van der Waals surface area contributed by atoms with E-state index in [1.54, 1.807) is 21.6 Å². The fourth-order valence-electron chi connectivity index (χ4n) is 2.47. The maximum absolute atomic E-state index is 12.5. The molecule has 10 heteroatoms. The molecule has 0 unspecified atom stereocenters. The zero-order valence-electron chi connectivity index (χ0n) is 14.5. The Kier molecular flexibility index (Phi) is 5.54. The van der Waals surface area contributed by atoms with Crippen molar-refractivity contribution in [2.75, 3.05) is 5.32 Å². The standard InChI is InChI=1S/C17H16BrF2N5O2/c1-10-15(18)11(2)25(22-10)9-24-8-7-13(23-24)16(26)21-12-5-3-4-6-14(12)27-17(19)20/h3-8,17H,9H2,1-2H3,(H,21,26). The van der Waals surface area contributed by atoms with Crippen LogP contribution in [0.25, 0.3) is 0 Å². The zero-order valence-corrected chi connectivity index (χ0v) is 16.1. The van der Waals surface area contributed by atoms with Crippen molar-refractivity contribution < 1.29 is 18.3 Å². The van der Waals surface area contributed by atoms with Crippen LogP contribution in [-0.4, -0.2) is 32.1 Å². The molecular weight excluding hydrogens is 424 g/mol. The second-order valence-electron chi connectivity index (χ2n) is 5.69. The van der Waals surface area contributed by atoms with Gasteiger partial charge in [-0.2, -0.15) is 19.0 Å². The number of halogens is 3. The number of hydrogen-bond donors (Lipinski definition) is 1. The fraction of sp³-hybridized carbons (Fsp3) is 0.235. The molecule has 3 rings (SSSR count). The molecule has 7 nitrogen and oxygen atoms in total. The van der Waals surface area contributed by atoms with Gasteiger partial charge in [-0.1, -0.05) is 12.1 Å². The smallest absolute Gasteiger partial charge is 0.387 e. The van der Waals surface area contributed by atoms with Gasteiger partial charge in [0.2, 0.25) is 0 Å². The molecule has 0 atom stereocenters. The number of rotatable bonds is 6. The number of carbonyl (C=O) groups excluding carboxylic acids is 1. The Bertz CT molecular complexity index is 970. The second-order valence-corrected chi connectivity index (χ2v) is 6.49. The number of nitrogens with zero attached hydrogens (tertiary/aromatic N) is 4. The lowest BCUT2D eigenvalue weighted by molar-refractivity contribution is -0.0493. The average molecular weight is 440 g/mol. The molecule has 27 heavy (non-hydrogen) atoms. The van der Waals surface area contributed by atoms with Gasteiger partial charge in [0.25, 0.3) is 5.91 Å². The number of alkyl halides is 2. The highest BCUT2D eigenvalue weighted by Gasteiger charge is 2.15. The highest BCUT2D eigenvalue weighted by Crippen LogP contribution is 2.26. The van der Waals surface area contributed by atoms with E-state index in [0.29, 0.717) is 6.67 Å². The van der Waals surface area contributed by atoms with E-state index in [1.165, 1.54) is 24.3 Å². The molecule has 1 amide bonds. The molecule has 0 bridgehead atoms. The van der Waals surface area contributed by atoms with Crippen molar-refractivity contribution in [1.29, 1.82) is 0 Å². The van der Waals surface area contributed by atoms with Crippen LogP contribution in [0.1, 0.15) is 21.9 Å². The molecular formula is C17H16BrF2N5O2. The predicted molar refractivity (Wildman–Crippen MR) is 98.1 cm³/mol. The summed E-state index contributed by atoms with van der Waals surface area (Å²) in [5.41, 5.74) is 2.07. The predicted octanol–water partition coefficient (Wildman–Crippen LogP) is 3.82. The largest absolute Gasteiger partial charge is 0.433 e. The van der Waals surface area contributed by atoms with Crippen molar-refractivity contribution in [1.82, 2.24) is 19.6 Å². The third-order valence-electron chi connectivity index (χ3n) is 3.80. The average Bonchev–Trinajstić information content (AvgIpc) is 3.18. The lowest BCUT2D eigenvalue weighted by Gasteiger charge is -2.10. The number of para-hydroxylation sites is 2. The van der Waals surface area contributed by atoms with Crippen LogP contribution in [0.2, 0.25) is 0 Å². The summed E-state index contributed by atoms with van der Waals surface area (Å²) in [5.74, 6) is -0.651. The fourth-order valence-corrected chi connectivity index (χ4v) is 2.75. The summed E-state index contributed by atoms with van der Waals surface area (Å²) in [6, 6.07) is 7.50. The van der Waals surface area contributed by atoms with Gasteiger partial charge in [-0.3, -0.25) is 9.48 Å². The lowest BCUT2D eigenvalue weighted by Crippen LogP contribution is -2.16.